The van der Waals surface area contributed by atoms with Gasteiger partial charge in [-0.3, -0.25) is 0 Å². The highest BCUT2D eigenvalue weighted by Gasteiger charge is 2.67. The zero-order valence-corrected chi connectivity index (χ0v) is 14.0. The van der Waals surface area contributed by atoms with Gasteiger partial charge in [0.05, 0.1) is 0 Å². The van der Waals surface area contributed by atoms with Gasteiger partial charge in [-0.25, -0.2) is 4.39 Å². The number of nitrogens with one attached hydrogen (secondary N) is 1. The van der Waals surface area contributed by atoms with Crippen molar-refractivity contribution in [3.8, 4) is 0 Å². The average molecular weight is 298 g/mol. The molecular weight excluding hydrogens is 273 g/mol. The molecule has 0 saturated heterocycles. The summed E-state index contributed by atoms with van der Waals surface area (Å²) in [5.74, 6) is 0.264. The van der Waals surface area contributed by atoms with Gasteiger partial charge in [0, 0.05) is 11.1 Å². The lowest BCUT2D eigenvalue weighted by molar-refractivity contribution is 0.417. The number of hydrogen-bond donors (Lipinski definition) is 1. The maximum Gasteiger partial charge on any atom is 0.127 e. The Bertz CT molecular complexity index is 508. The highest BCUT2D eigenvalue weighted by Crippen LogP contribution is 2.72. The predicted octanol–water partition coefficient (Wildman–Crippen LogP) is 5.12. The second-order valence-electron chi connectivity index (χ2n) is 7.08. The van der Waals surface area contributed by atoms with Crippen molar-refractivity contribution in [2.45, 2.75) is 47.6 Å². The molecule has 1 unspecified atom stereocenters. The van der Waals surface area contributed by atoms with Crippen molar-refractivity contribution in [2.75, 3.05) is 6.54 Å². The Hall–Kier alpha value is -0.600. The largest absolute Gasteiger partial charge is 0.310 e. The van der Waals surface area contributed by atoms with Gasteiger partial charge in [0.2, 0.25) is 0 Å². The molecular formula is C17H25ClFN. The molecule has 1 atom stereocenters. The van der Waals surface area contributed by atoms with Crippen molar-refractivity contribution >= 4 is 11.6 Å². The van der Waals surface area contributed by atoms with Crippen LogP contribution < -0.4 is 5.32 Å². The third-order valence-electron chi connectivity index (χ3n) is 5.50. The number of benzene rings is 1. The summed E-state index contributed by atoms with van der Waals surface area (Å²) >= 11 is 6.31. The van der Waals surface area contributed by atoms with Crippen molar-refractivity contribution < 1.29 is 4.39 Å². The fourth-order valence-corrected chi connectivity index (χ4v) is 3.89. The summed E-state index contributed by atoms with van der Waals surface area (Å²) in [4.78, 5) is 0. The molecule has 2 rings (SSSR count). The molecule has 1 saturated carbocycles. The normalized spacial score (nSPS) is 21.8. The predicted molar refractivity (Wildman–Crippen MR) is 83.6 cm³/mol. The Morgan fingerprint density at radius 2 is 1.80 bits per heavy atom. The highest BCUT2D eigenvalue weighted by atomic mass is 35.5. The minimum absolute atomic E-state index is 0.178. The monoisotopic (exact) mass is 297 g/mol. The van der Waals surface area contributed by atoms with E-state index in [2.05, 4.69) is 39.9 Å². The van der Waals surface area contributed by atoms with Gasteiger partial charge in [0.25, 0.3) is 0 Å². The van der Waals surface area contributed by atoms with E-state index in [0.29, 0.717) is 16.5 Å². The summed E-state index contributed by atoms with van der Waals surface area (Å²) in [6.45, 7) is 14.0. The van der Waals surface area contributed by atoms with Gasteiger partial charge in [-0.15, -0.1) is 0 Å². The van der Waals surface area contributed by atoms with Crippen LogP contribution in [0.1, 0.15) is 51.8 Å². The first-order valence-corrected chi connectivity index (χ1v) is 7.71. The molecule has 0 radical (unpaired) electrons. The fraction of sp³-hybridized carbons (Fsp3) is 0.647. The van der Waals surface area contributed by atoms with Gasteiger partial charge in [-0.2, -0.15) is 0 Å². The molecule has 20 heavy (non-hydrogen) atoms. The highest BCUT2D eigenvalue weighted by molar-refractivity contribution is 6.31. The van der Waals surface area contributed by atoms with Gasteiger partial charge in [-0.1, -0.05) is 52.3 Å². The molecule has 3 heteroatoms. The molecule has 0 spiro atoms. The summed E-state index contributed by atoms with van der Waals surface area (Å²) in [6.07, 6.45) is 0. The van der Waals surface area contributed by atoms with Crippen molar-refractivity contribution in [2.24, 2.45) is 16.7 Å². The molecule has 0 aromatic heterocycles. The Balaban J connectivity index is 2.44. The Morgan fingerprint density at radius 1 is 1.25 bits per heavy atom. The van der Waals surface area contributed by atoms with Crippen LogP contribution in [-0.4, -0.2) is 6.54 Å². The Kier molecular flexibility index (Phi) is 3.94. The topological polar surface area (TPSA) is 12.0 Å². The molecule has 1 N–H and O–H groups in total. The zero-order valence-electron chi connectivity index (χ0n) is 13.3. The third-order valence-corrected chi connectivity index (χ3v) is 5.83. The molecule has 1 aliphatic rings. The quantitative estimate of drug-likeness (QED) is 0.813. The van der Waals surface area contributed by atoms with Crippen LogP contribution in [0, 0.1) is 29.5 Å². The smallest absolute Gasteiger partial charge is 0.127 e. The number of hydrogen-bond acceptors (Lipinski definition) is 1. The first-order chi connectivity index (χ1) is 9.14. The van der Waals surface area contributed by atoms with E-state index in [1.54, 1.807) is 6.92 Å². The number of aryl methyl sites for hydroxylation is 1. The number of halogens is 2. The minimum atomic E-state index is -0.233. The summed E-state index contributed by atoms with van der Waals surface area (Å²) in [7, 11) is 0. The molecule has 1 aliphatic carbocycles. The van der Waals surface area contributed by atoms with E-state index >= 15 is 0 Å². The molecule has 112 valence electrons. The van der Waals surface area contributed by atoms with Crippen LogP contribution in [0.4, 0.5) is 4.39 Å². The van der Waals surface area contributed by atoms with Crippen LogP contribution in [0.5, 0.6) is 0 Å². The standard InChI is InChI=1S/C17H25ClFN/c1-7-20-14(15-16(3,4)17(15,5)6)11-8-10(2)13(19)9-12(11)18/h8-9,14-15,20H,7H2,1-6H3. The maximum absolute atomic E-state index is 13.6. The van der Waals surface area contributed by atoms with Crippen LogP contribution in [0.3, 0.4) is 0 Å². The molecule has 1 aromatic rings. The third kappa shape index (κ3) is 2.27. The van der Waals surface area contributed by atoms with Crippen molar-refractivity contribution in [3.63, 3.8) is 0 Å². The van der Waals surface area contributed by atoms with Crippen LogP contribution >= 0.6 is 11.6 Å². The minimum Gasteiger partial charge on any atom is -0.310 e. The first kappa shape index (κ1) is 15.8. The van der Waals surface area contributed by atoms with Gasteiger partial charge in [0.15, 0.2) is 0 Å². The van der Waals surface area contributed by atoms with E-state index in [0.717, 1.165) is 12.1 Å². The van der Waals surface area contributed by atoms with E-state index in [-0.39, 0.29) is 22.7 Å². The lowest BCUT2D eigenvalue weighted by Gasteiger charge is -2.22. The van der Waals surface area contributed by atoms with Crippen molar-refractivity contribution in [1.82, 2.24) is 5.32 Å². The van der Waals surface area contributed by atoms with Crippen molar-refractivity contribution in [3.05, 3.63) is 34.1 Å². The molecule has 0 heterocycles. The molecule has 0 aliphatic heterocycles. The summed E-state index contributed by atoms with van der Waals surface area (Å²) < 4.78 is 13.6. The van der Waals surface area contributed by atoms with Crippen molar-refractivity contribution in [1.29, 1.82) is 0 Å². The summed E-state index contributed by atoms with van der Waals surface area (Å²) in [6, 6.07) is 3.52. The molecule has 1 fully saturated rings. The maximum atomic E-state index is 13.6. The van der Waals surface area contributed by atoms with E-state index < -0.39 is 0 Å². The first-order valence-electron chi connectivity index (χ1n) is 7.33. The van der Waals surface area contributed by atoms with Gasteiger partial charge in [-0.05, 0) is 47.4 Å². The molecule has 1 nitrogen and oxygen atoms in total. The SMILES string of the molecule is CCNC(c1cc(C)c(F)cc1Cl)C1C(C)(C)C1(C)C. The van der Waals surface area contributed by atoms with Gasteiger partial charge in [0.1, 0.15) is 5.82 Å². The zero-order chi connectivity index (χ0) is 15.3. The van der Waals surface area contributed by atoms with Crippen LogP contribution in [0.25, 0.3) is 0 Å². The average Bonchev–Trinajstić information content (AvgIpc) is 2.72. The second-order valence-corrected chi connectivity index (χ2v) is 7.49. The molecule has 0 amide bonds. The van der Waals surface area contributed by atoms with E-state index in [9.17, 15) is 4.39 Å². The van der Waals surface area contributed by atoms with Gasteiger partial charge < -0.3 is 5.32 Å². The number of rotatable bonds is 4. The van der Waals surface area contributed by atoms with E-state index in [1.165, 1.54) is 6.07 Å². The summed E-state index contributed by atoms with van der Waals surface area (Å²) in [5, 5.41) is 4.08. The van der Waals surface area contributed by atoms with Crippen LogP contribution in [0.15, 0.2) is 12.1 Å². The van der Waals surface area contributed by atoms with Crippen LogP contribution in [0.2, 0.25) is 5.02 Å². The lowest BCUT2D eigenvalue weighted by atomic mass is 9.95. The molecule has 0 bridgehead atoms. The van der Waals surface area contributed by atoms with Gasteiger partial charge >= 0.3 is 0 Å². The Morgan fingerprint density at radius 3 is 2.25 bits per heavy atom. The summed E-state index contributed by atoms with van der Waals surface area (Å²) in [5.41, 5.74) is 2.19. The van der Waals surface area contributed by atoms with E-state index in [4.69, 9.17) is 11.6 Å². The van der Waals surface area contributed by atoms with E-state index in [1.807, 2.05) is 6.07 Å². The Labute approximate surface area is 126 Å². The fourth-order valence-electron chi connectivity index (χ4n) is 3.63. The lowest BCUT2D eigenvalue weighted by Crippen LogP contribution is -2.25. The van der Waals surface area contributed by atoms with Crippen LogP contribution in [-0.2, 0) is 0 Å². The second kappa shape index (κ2) is 4.99. The molecule has 1 aromatic carbocycles.